The number of nitrogens with one attached hydrogen (secondary N) is 1. The summed E-state index contributed by atoms with van der Waals surface area (Å²) >= 11 is 7.35. The zero-order chi connectivity index (χ0) is 19.6. The van der Waals surface area contributed by atoms with Crippen LogP contribution in [0.15, 0.2) is 29.8 Å². The van der Waals surface area contributed by atoms with Gasteiger partial charge in [-0.2, -0.15) is 0 Å². The summed E-state index contributed by atoms with van der Waals surface area (Å²) in [5.74, 6) is -0.146. The molecule has 2 aromatic rings. The third kappa shape index (κ3) is 3.78. The van der Waals surface area contributed by atoms with Crippen LogP contribution < -0.4 is 5.32 Å². The molecule has 1 atom stereocenters. The number of amides is 2. The molecule has 2 amide bonds. The van der Waals surface area contributed by atoms with Gasteiger partial charge in [-0.1, -0.05) is 47.9 Å². The predicted octanol–water partition coefficient (Wildman–Crippen LogP) is 3.88. The quantitative estimate of drug-likeness (QED) is 0.817. The van der Waals surface area contributed by atoms with Crippen molar-refractivity contribution < 1.29 is 9.59 Å². The molecule has 1 aromatic heterocycles. The van der Waals surface area contributed by atoms with Crippen LogP contribution in [0.3, 0.4) is 0 Å². The Morgan fingerprint density at radius 2 is 1.93 bits per heavy atom. The molecule has 2 fully saturated rings. The molecule has 4 rings (SSSR count). The SMILES string of the molecule is O=C(Nc1nncs1)C1CCCN(C(=O)C2(c3ccc(Cl)cc3)CCCC2)C1. The number of benzene rings is 1. The first-order valence-electron chi connectivity index (χ1n) is 9.71. The number of nitrogens with zero attached hydrogens (tertiary/aromatic N) is 3. The zero-order valence-corrected chi connectivity index (χ0v) is 17.1. The Hall–Kier alpha value is -1.99. The molecule has 2 aliphatic rings. The van der Waals surface area contributed by atoms with Crippen LogP contribution in [0.5, 0.6) is 0 Å². The minimum Gasteiger partial charge on any atom is -0.341 e. The van der Waals surface area contributed by atoms with Crippen molar-refractivity contribution in [1.82, 2.24) is 15.1 Å². The second kappa shape index (κ2) is 8.17. The van der Waals surface area contributed by atoms with Gasteiger partial charge in [-0.15, -0.1) is 10.2 Å². The van der Waals surface area contributed by atoms with E-state index < -0.39 is 5.41 Å². The molecule has 1 aromatic carbocycles. The molecule has 0 spiro atoms. The normalized spacial score (nSPS) is 21.5. The summed E-state index contributed by atoms with van der Waals surface area (Å²) in [5, 5.41) is 11.6. The van der Waals surface area contributed by atoms with Crippen LogP contribution in [0.2, 0.25) is 5.02 Å². The third-order valence-corrected chi connectivity index (χ3v) is 6.79. The first-order valence-corrected chi connectivity index (χ1v) is 11.0. The average molecular weight is 419 g/mol. The molecule has 1 N–H and O–H groups in total. The lowest BCUT2D eigenvalue weighted by Gasteiger charge is -2.39. The first-order chi connectivity index (χ1) is 13.6. The van der Waals surface area contributed by atoms with E-state index in [0.29, 0.717) is 23.2 Å². The third-order valence-electron chi connectivity index (χ3n) is 5.93. The van der Waals surface area contributed by atoms with E-state index in [0.717, 1.165) is 44.1 Å². The van der Waals surface area contributed by atoms with Gasteiger partial charge in [-0.05, 0) is 43.4 Å². The highest BCUT2D eigenvalue weighted by molar-refractivity contribution is 7.13. The Kier molecular flexibility index (Phi) is 5.64. The first kappa shape index (κ1) is 19.3. The molecule has 8 heteroatoms. The number of piperidine rings is 1. The number of carbonyl (C=O) groups excluding carboxylic acids is 2. The van der Waals surface area contributed by atoms with Gasteiger partial charge in [0.2, 0.25) is 16.9 Å². The summed E-state index contributed by atoms with van der Waals surface area (Å²) in [6.45, 7) is 1.16. The fourth-order valence-corrected chi connectivity index (χ4v) is 5.06. The molecule has 1 unspecified atom stereocenters. The molecule has 28 heavy (non-hydrogen) atoms. The number of rotatable bonds is 4. The van der Waals surface area contributed by atoms with Crippen LogP contribution in [0, 0.1) is 5.92 Å². The van der Waals surface area contributed by atoms with Crippen molar-refractivity contribution in [3.63, 3.8) is 0 Å². The van der Waals surface area contributed by atoms with Crippen molar-refractivity contribution in [2.45, 2.75) is 43.9 Å². The van der Waals surface area contributed by atoms with E-state index >= 15 is 0 Å². The fraction of sp³-hybridized carbons (Fsp3) is 0.500. The van der Waals surface area contributed by atoms with E-state index in [9.17, 15) is 9.59 Å². The molecule has 0 bridgehead atoms. The van der Waals surface area contributed by atoms with Crippen molar-refractivity contribution in [2.75, 3.05) is 18.4 Å². The molecular weight excluding hydrogens is 396 g/mol. The van der Waals surface area contributed by atoms with Gasteiger partial charge in [-0.25, -0.2) is 0 Å². The van der Waals surface area contributed by atoms with E-state index in [1.165, 1.54) is 11.3 Å². The molecule has 1 aliphatic heterocycles. The largest absolute Gasteiger partial charge is 0.341 e. The van der Waals surface area contributed by atoms with Gasteiger partial charge in [0, 0.05) is 18.1 Å². The Bertz CT molecular complexity index is 834. The molecule has 0 radical (unpaired) electrons. The Labute approximate surface area is 173 Å². The predicted molar refractivity (Wildman–Crippen MR) is 109 cm³/mol. The number of halogens is 1. The monoisotopic (exact) mass is 418 g/mol. The standard InChI is InChI=1S/C20H23ClN4O2S/c21-16-7-5-15(6-8-16)20(9-1-2-10-20)18(27)25-11-3-4-14(12-25)17(26)23-19-24-22-13-28-19/h5-8,13-14H,1-4,9-12H2,(H,23,24,26). The van der Waals surface area contributed by atoms with E-state index in [-0.39, 0.29) is 17.7 Å². The number of hydrogen-bond donors (Lipinski definition) is 1. The second-order valence-corrected chi connectivity index (χ2v) is 8.89. The zero-order valence-electron chi connectivity index (χ0n) is 15.6. The minimum atomic E-state index is -0.484. The van der Waals surface area contributed by atoms with Gasteiger partial charge >= 0.3 is 0 Å². The van der Waals surface area contributed by atoms with E-state index in [2.05, 4.69) is 15.5 Å². The summed E-state index contributed by atoms with van der Waals surface area (Å²) < 4.78 is 0. The van der Waals surface area contributed by atoms with E-state index in [4.69, 9.17) is 11.6 Å². The summed E-state index contributed by atoms with van der Waals surface area (Å²) in [5.41, 5.74) is 2.14. The lowest BCUT2D eigenvalue weighted by Crippen LogP contribution is -2.51. The van der Waals surface area contributed by atoms with Gasteiger partial charge < -0.3 is 10.2 Å². The number of anilines is 1. The summed E-state index contributed by atoms with van der Waals surface area (Å²) in [4.78, 5) is 28.1. The highest BCUT2D eigenvalue weighted by atomic mass is 35.5. The lowest BCUT2D eigenvalue weighted by molar-refractivity contribution is -0.140. The van der Waals surface area contributed by atoms with Gasteiger partial charge in [-0.3, -0.25) is 9.59 Å². The Morgan fingerprint density at radius 1 is 1.18 bits per heavy atom. The van der Waals surface area contributed by atoms with Crippen molar-refractivity contribution in [1.29, 1.82) is 0 Å². The summed E-state index contributed by atoms with van der Waals surface area (Å²) in [6, 6.07) is 7.68. The Morgan fingerprint density at radius 3 is 2.61 bits per heavy atom. The average Bonchev–Trinajstić information content (AvgIpc) is 3.41. The van der Waals surface area contributed by atoms with Gasteiger partial charge in [0.25, 0.3) is 0 Å². The number of likely N-dealkylation sites (tertiary alicyclic amines) is 1. The molecule has 1 saturated heterocycles. The topological polar surface area (TPSA) is 75.2 Å². The lowest BCUT2D eigenvalue weighted by atomic mass is 9.77. The maximum atomic E-state index is 13.6. The molecular formula is C20H23ClN4O2S. The Balaban J connectivity index is 1.51. The highest BCUT2D eigenvalue weighted by Crippen LogP contribution is 2.43. The van der Waals surface area contributed by atoms with Gasteiger partial charge in [0.15, 0.2) is 0 Å². The van der Waals surface area contributed by atoms with Crippen LogP contribution in [0.1, 0.15) is 44.1 Å². The molecule has 2 heterocycles. The van der Waals surface area contributed by atoms with Crippen LogP contribution >= 0.6 is 22.9 Å². The van der Waals surface area contributed by atoms with Crippen LogP contribution in [-0.2, 0) is 15.0 Å². The van der Waals surface area contributed by atoms with Crippen molar-refractivity contribution in [3.8, 4) is 0 Å². The van der Waals surface area contributed by atoms with Crippen molar-refractivity contribution in [3.05, 3.63) is 40.4 Å². The second-order valence-electron chi connectivity index (χ2n) is 7.62. The van der Waals surface area contributed by atoms with Crippen molar-refractivity contribution >= 4 is 39.9 Å². The van der Waals surface area contributed by atoms with Gasteiger partial charge in [0.1, 0.15) is 5.51 Å². The maximum Gasteiger partial charge on any atom is 0.233 e. The molecule has 1 saturated carbocycles. The van der Waals surface area contributed by atoms with E-state index in [1.807, 2.05) is 29.2 Å². The van der Waals surface area contributed by atoms with E-state index in [1.54, 1.807) is 5.51 Å². The highest BCUT2D eigenvalue weighted by Gasteiger charge is 2.46. The summed E-state index contributed by atoms with van der Waals surface area (Å²) in [7, 11) is 0. The van der Waals surface area contributed by atoms with Crippen molar-refractivity contribution in [2.24, 2.45) is 5.92 Å². The van der Waals surface area contributed by atoms with Crippen LogP contribution in [-0.4, -0.2) is 40.0 Å². The molecule has 1 aliphatic carbocycles. The molecule has 148 valence electrons. The van der Waals surface area contributed by atoms with Gasteiger partial charge in [0.05, 0.1) is 11.3 Å². The maximum absolute atomic E-state index is 13.6. The number of aromatic nitrogens is 2. The molecule has 6 nitrogen and oxygen atoms in total. The van der Waals surface area contributed by atoms with Crippen LogP contribution in [0.25, 0.3) is 0 Å². The van der Waals surface area contributed by atoms with Crippen LogP contribution in [0.4, 0.5) is 5.13 Å². The summed E-state index contributed by atoms with van der Waals surface area (Å²) in [6.07, 6.45) is 5.41. The number of hydrogen-bond acceptors (Lipinski definition) is 5. The minimum absolute atomic E-state index is 0.0822. The smallest absolute Gasteiger partial charge is 0.233 e. The number of carbonyl (C=O) groups is 2. The fourth-order valence-electron chi connectivity index (χ4n) is 4.49.